The molecule has 0 N–H and O–H groups in total. The monoisotopic (exact) mass is 344 g/mol. The molecule has 0 aliphatic carbocycles. The van der Waals surface area contributed by atoms with E-state index >= 15 is 0 Å². The summed E-state index contributed by atoms with van der Waals surface area (Å²) in [5, 5.41) is 0. The van der Waals surface area contributed by atoms with Crippen molar-refractivity contribution in [3.8, 4) is 5.75 Å². The van der Waals surface area contributed by atoms with Crippen LogP contribution in [0.4, 0.5) is 4.39 Å². The number of hydrogen-bond acceptors (Lipinski definition) is 4. The molecule has 25 heavy (non-hydrogen) atoms. The average molecular weight is 344 g/mol. The molecule has 1 fully saturated rings. The lowest BCUT2D eigenvalue weighted by Crippen LogP contribution is -2.42. The van der Waals surface area contributed by atoms with Crippen molar-refractivity contribution in [1.29, 1.82) is 0 Å². The average Bonchev–Trinajstić information content (AvgIpc) is 3.06. The minimum absolute atomic E-state index is 0.110. The number of benzene rings is 1. The maximum Gasteiger partial charge on any atom is 0.272 e. The number of ether oxygens (including phenoxy) is 2. The number of halogens is 1. The molecular weight excluding hydrogens is 323 g/mol. The summed E-state index contributed by atoms with van der Waals surface area (Å²) in [6.07, 6.45) is 2.35. The molecule has 2 heterocycles. The van der Waals surface area contributed by atoms with Crippen LogP contribution in [0, 0.1) is 12.7 Å². The Kier molecular flexibility index (Phi) is 4.99. The van der Waals surface area contributed by atoms with Gasteiger partial charge in [0.1, 0.15) is 29.5 Å². The fraction of sp³-hybridized carbons (Fsp3) is 0.368. The van der Waals surface area contributed by atoms with Crippen molar-refractivity contribution >= 4 is 5.91 Å². The van der Waals surface area contributed by atoms with Crippen LogP contribution in [0.25, 0.3) is 0 Å². The second-order valence-corrected chi connectivity index (χ2v) is 6.33. The van der Waals surface area contributed by atoms with Crippen molar-refractivity contribution in [3.05, 3.63) is 59.7 Å². The van der Waals surface area contributed by atoms with Gasteiger partial charge in [0, 0.05) is 19.9 Å². The molecule has 1 aromatic carbocycles. The Labute approximate surface area is 146 Å². The summed E-state index contributed by atoms with van der Waals surface area (Å²) in [6, 6.07) is 9.46. The number of amides is 1. The zero-order valence-electron chi connectivity index (χ0n) is 14.4. The van der Waals surface area contributed by atoms with E-state index in [1.165, 1.54) is 12.1 Å². The van der Waals surface area contributed by atoms with Gasteiger partial charge in [-0.1, -0.05) is 6.07 Å². The van der Waals surface area contributed by atoms with Crippen LogP contribution >= 0.6 is 0 Å². The van der Waals surface area contributed by atoms with E-state index in [0.29, 0.717) is 37.6 Å². The van der Waals surface area contributed by atoms with Gasteiger partial charge < -0.3 is 14.4 Å². The number of carbonyl (C=O) groups excluding carboxylic acids is 1. The highest BCUT2D eigenvalue weighted by Gasteiger charge is 2.41. The normalized spacial score (nSPS) is 19.9. The van der Waals surface area contributed by atoms with Crippen molar-refractivity contribution in [2.24, 2.45) is 0 Å². The lowest BCUT2D eigenvalue weighted by molar-refractivity contribution is -0.0343. The molecule has 0 bridgehead atoms. The largest absolute Gasteiger partial charge is 0.491 e. The van der Waals surface area contributed by atoms with Crippen LogP contribution in [0.15, 0.2) is 42.6 Å². The van der Waals surface area contributed by atoms with Gasteiger partial charge in [-0.2, -0.15) is 0 Å². The highest BCUT2D eigenvalue weighted by atomic mass is 19.1. The third-order valence-corrected chi connectivity index (χ3v) is 4.48. The number of likely N-dealkylation sites (tertiary alicyclic amines) is 1. The Morgan fingerprint density at radius 1 is 1.28 bits per heavy atom. The predicted molar refractivity (Wildman–Crippen MR) is 91.1 cm³/mol. The molecule has 1 aliphatic rings. The SMILES string of the molecule is CO[C@@]1(COc2ccc(F)cc2)CCN(C(=O)c2ccc(C)cn2)C1. The Morgan fingerprint density at radius 2 is 2.04 bits per heavy atom. The Balaban J connectivity index is 1.64. The topological polar surface area (TPSA) is 51.7 Å². The van der Waals surface area contributed by atoms with Crippen molar-refractivity contribution in [1.82, 2.24) is 9.88 Å². The van der Waals surface area contributed by atoms with Gasteiger partial charge in [0.15, 0.2) is 0 Å². The Bertz CT molecular complexity index is 733. The number of aryl methyl sites for hydroxylation is 1. The van der Waals surface area contributed by atoms with Gasteiger partial charge in [-0.15, -0.1) is 0 Å². The van der Waals surface area contributed by atoms with Crippen LogP contribution in [-0.2, 0) is 4.74 Å². The van der Waals surface area contributed by atoms with Gasteiger partial charge in [0.25, 0.3) is 5.91 Å². The molecule has 1 aliphatic heterocycles. The summed E-state index contributed by atoms with van der Waals surface area (Å²) in [5.41, 5.74) is 0.864. The molecule has 132 valence electrons. The van der Waals surface area contributed by atoms with Crippen LogP contribution in [0.5, 0.6) is 5.75 Å². The first kappa shape index (κ1) is 17.4. The predicted octanol–water partition coefficient (Wildman–Crippen LogP) is 2.84. The first-order valence-electron chi connectivity index (χ1n) is 8.17. The van der Waals surface area contributed by atoms with Crippen LogP contribution in [0.3, 0.4) is 0 Å². The van der Waals surface area contributed by atoms with E-state index in [0.717, 1.165) is 5.56 Å². The summed E-state index contributed by atoms with van der Waals surface area (Å²) in [5.74, 6) is 0.153. The number of nitrogens with zero attached hydrogens (tertiary/aromatic N) is 2. The maximum absolute atomic E-state index is 13.0. The van der Waals surface area contributed by atoms with Crippen molar-refractivity contribution < 1.29 is 18.7 Å². The number of pyridine rings is 1. The fourth-order valence-electron chi connectivity index (χ4n) is 2.86. The first-order chi connectivity index (χ1) is 12.0. The summed E-state index contributed by atoms with van der Waals surface area (Å²) >= 11 is 0. The molecule has 3 rings (SSSR count). The smallest absolute Gasteiger partial charge is 0.272 e. The molecule has 0 saturated carbocycles. The molecule has 1 atom stereocenters. The second kappa shape index (κ2) is 7.19. The molecular formula is C19H21FN2O3. The maximum atomic E-state index is 13.0. The lowest BCUT2D eigenvalue weighted by atomic mass is 10.0. The molecule has 2 aromatic rings. The number of rotatable bonds is 5. The summed E-state index contributed by atoms with van der Waals surface area (Å²) in [4.78, 5) is 18.5. The van der Waals surface area contributed by atoms with E-state index in [1.807, 2.05) is 13.0 Å². The quantitative estimate of drug-likeness (QED) is 0.837. The van der Waals surface area contributed by atoms with Gasteiger partial charge in [-0.05, 0) is 49.2 Å². The third kappa shape index (κ3) is 3.96. The fourth-order valence-corrected chi connectivity index (χ4v) is 2.86. The summed E-state index contributed by atoms with van der Waals surface area (Å²) in [7, 11) is 1.62. The van der Waals surface area contributed by atoms with Gasteiger partial charge in [-0.3, -0.25) is 9.78 Å². The zero-order valence-corrected chi connectivity index (χ0v) is 14.4. The highest BCUT2D eigenvalue weighted by Crippen LogP contribution is 2.27. The number of methoxy groups -OCH3 is 1. The van der Waals surface area contributed by atoms with Crippen LogP contribution in [-0.4, -0.2) is 48.2 Å². The van der Waals surface area contributed by atoms with Gasteiger partial charge in [0.2, 0.25) is 0 Å². The molecule has 0 spiro atoms. The van der Waals surface area contributed by atoms with Crippen LogP contribution in [0.1, 0.15) is 22.5 Å². The van der Waals surface area contributed by atoms with Crippen molar-refractivity contribution in [3.63, 3.8) is 0 Å². The van der Waals surface area contributed by atoms with E-state index in [-0.39, 0.29) is 11.7 Å². The molecule has 1 amide bonds. The molecule has 5 nitrogen and oxygen atoms in total. The number of carbonyl (C=O) groups is 1. The van der Waals surface area contributed by atoms with E-state index in [2.05, 4.69) is 4.98 Å². The highest BCUT2D eigenvalue weighted by molar-refractivity contribution is 5.92. The number of aromatic nitrogens is 1. The molecule has 0 unspecified atom stereocenters. The minimum atomic E-state index is -0.575. The van der Waals surface area contributed by atoms with E-state index in [4.69, 9.17) is 9.47 Å². The van der Waals surface area contributed by atoms with E-state index in [1.54, 1.807) is 36.4 Å². The Hall–Kier alpha value is -2.47. The van der Waals surface area contributed by atoms with Gasteiger partial charge in [0.05, 0.1) is 6.54 Å². The molecule has 0 radical (unpaired) electrons. The van der Waals surface area contributed by atoms with E-state index in [9.17, 15) is 9.18 Å². The van der Waals surface area contributed by atoms with Crippen molar-refractivity contribution in [2.75, 3.05) is 26.8 Å². The summed E-state index contributed by atoms with van der Waals surface area (Å²) < 4.78 is 24.4. The Morgan fingerprint density at radius 3 is 2.68 bits per heavy atom. The van der Waals surface area contributed by atoms with Crippen molar-refractivity contribution in [2.45, 2.75) is 18.9 Å². The lowest BCUT2D eigenvalue weighted by Gasteiger charge is -2.27. The third-order valence-electron chi connectivity index (χ3n) is 4.48. The molecule has 6 heteroatoms. The van der Waals surface area contributed by atoms with E-state index < -0.39 is 5.60 Å². The standard InChI is InChI=1S/C19H21FN2O3/c1-14-3-8-17(21-11-14)18(23)22-10-9-19(12-22,24-2)13-25-16-6-4-15(20)5-7-16/h3-8,11H,9-10,12-13H2,1-2H3/t19-/m0/s1. The van der Waals surface area contributed by atoms with Gasteiger partial charge >= 0.3 is 0 Å². The van der Waals surface area contributed by atoms with Gasteiger partial charge in [-0.25, -0.2) is 4.39 Å². The van der Waals surface area contributed by atoms with Crippen LogP contribution in [0.2, 0.25) is 0 Å². The van der Waals surface area contributed by atoms with Crippen LogP contribution < -0.4 is 4.74 Å². The molecule has 1 aromatic heterocycles. The molecule has 1 saturated heterocycles. The zero-order chi connectivity index (χ0) is 17.9. The first-order valence-corrected chi connectivity index (χ1v) is 8.17. The second-order valence-electron chi connectivity index (χ2n) is 6.33. The summed E-state index contributed by atoms with van der Waals surface area (Å²) in [6.45, 7) is 3.23. The number of hydrogen-bond donors (Lipinski definition) is 0. The minimum Gasteiger partial charge on any atom is -0.491 e.